The molecule has 94 valence electrons. The topological polar surface area (TPSA) is 64.3 Å². The Morgan fingerprint density at radius 3 is 2.59 bits per heavy atom. The minimum absolute atomic E-state index is 0.307. The fraction of sp³-hybridized carbons (Fsp3) is 0.300. The lowest BCUT2D eigenvalue weighted by Crippen LogP contribution is -2.31. The van der Waals surface area contributed by atoms with Gasteiger partial charge >= 0.3 is 6.36 Å². The molecular formula is C10H11F3N2O2. The van der Waals surface area contributed by atoms with E-state index in [0.29, 0.717) is 5.56 Å². The maximum atomic E-state index is 12.0. The Morgan fingerprint density at radius 1 is 1.47 bits per heavy atom. The SMILES string of the molecule is CNC(C(N)=O)c1cccc(OC(F)(F)F)c1. The first kappa shape index (κ1) is 13.3. The number of hydrogen-bond acceptors (Lipinski definition) is 3. The highest BCUT2D eigenvalue weighted by Crippen LogP contribution is 2.25. The summed E-state index contributed by atoms with van der Waals surface area (Å²) in [4.78, 5) is 11.0. The number of rotatable bonds is 4. The third-order valence-electron chi connectivity index (χ3n) is 2.00. The van der Waals surface area contributed by atoms with E-state index in [4.69, 9.17) is 5.73 Å². The predicted molar refractivity (Wildman–Crippen MR) is 54.1 cm³/mol. The van der Waals surface area contributed by atoms with Crippen molar-refractivity contribution in [1.82, 2.24) is 5.32 Å². The summed E-state index contributed by atoms with van der Waals surface area (Å²) in [7, 11) is 1.48. The fourth-order valence-electron chi connectivity index (χ4n) is 1.36. The number of halogens is 3. The number of carbonyl (C=O) groups excluding carboxylic acids is 1. The van der Waals surface area contributed by atoms with Crippen LogP contribution in [0.4, 0.5) is 13.2 Å². The predicted octanol–water partition coefficient (Wildman–Crippen LogP) is 1.33. The second-order valence-electron chi connectivity index (χ2n) is 3.24. The number of likely N-dealkylation sites (N-methyl/N-ethyl adjacent to an activating group) is 1. The number of hydrogen-bond donors (Lipinski definition) is 2. The van der Waals surface area contributed by atoms with Crippen molar-refractivity contribution >= 4 is 5.91 Å². The zero-order chi connectivity index (χ0) is 13.1. The molecule has 1 aromatic carbocycles. The monoisotopic (exact) mass is 248 g/mol. The van der Waals surface area contributed by atoms with Crippen molar-refractivity contribution in [2.24, 2.45) is 5.73 Å². The molecule has 1 atom stereocenters. The molecule has 0 saturated heterocycles. The van der Waals surface area contributed by atoms with Crippen LogP contribution in [0.1, 0.15) is 11.6 Å². The van der Waals surface area contributed by atoms with Crippen molar-refractivity contribution in [1.29, 1.82) is 0 Å². The van der Waals surface area contributed by atoms with Crippen LogP contribution in [0.5, 0.6) is 5.75 Å². The van der Waals surface area contributed by atoms with Crippen LogP contribution in [0, 0.1) is 0 Å². The molecule has 0 bridgehead atoms. The Kier molecular flexibility index (Phi) is 3.95. The van der Waals surface area contributed by atoms with Crippen LogP contribution in [0.15, 0.2) is 24.3 Å². The van der Waals surface area contributed by atoms with Crippen molar-refractivity contribution in [3.8, 4) is 5.75 Å². The summed E-state index contributed by atoms with van der Waals surface area (Å²) in [6, 6.07) is 4.23. The molecular weight excluding hydrogens is 237 g/mol. The third kappa shape index (κ3) is 3.95. The van der Waals surface area contributed by atoms with Crippen molar-refractivity contribution < 1.29 is 22.7 Å². The molecule has 1 aromatic rings. The molecule has 0 fully saturated rings. The summed E-state index contributed by atoms with van der Waals surface area (Å²) in [5, 5.41) is 2.60. The van der Waals surface area contributed by atoms with Gasteiger partial charge in [-0.2, -0.15) is 0 Å². The number of ether oxygens (including phenoxy) is 1. The van der Waals surface area contributed by atoms with Crippen LogP contribution in [-0.4, -0.2) is 19.3 Å². The number of nitrogens with two attached hydrogens (primary N) is 1. The molecule has 0 aromatic heterocycles. The van der Waals surface area contributed by atoms with Gasteiger partial charge in [-0.05, 0) is 24.7 Å². The van der Waals surface area contributed by atoms with Crippen molar-refractivity contribution in [2.45, 2.75) is 12.4 Å². The first-order chi connectivity index (χ1) is 7.83. The van der Waals surface area contributed by atoms with Gasteiger partial charge in [0.1, 0.15) is 11.8 Å². The lowest BCUT2D eigenvalue weighted by Gasteiger charge is -2.14. The summed E-state index contributed by atoms with van der Waals surface area (Å²) in [5.41, 5.74) is 5.40. The average Bonchev–Trinajstić information content (AvgIpc) is 2.15. The van der Waals surface area contributed by atoms with E-state index in [1.165, 1.54) is 19.2 Å². The van der Waals surface area contributed by atoms with E-state index in [2.05, 4.69) is 10.1 Å². The zero-order valence-corrected chi connectivity index (χ0v) is 8.91. The highest BCUT2D eigenvalue weighted by atomic mass is 19.4. The molecule has 7 heteroatoms. The van der Waals surface area contributed by atoms with Gasteiger partial charge in [-0.15, -0.1) is 13.2 Å². The van der Waals surface area contributed by atoms with Crippen LogP contribution in [0.2, 0.25) is 0 Å². The number of amides is 1. The lowest BCUT2D eigenvalue weighted by atomic mass is 10.1. The van der Waals surface area contributed by atoms with E-state index in [1.807, 2.05) is 0 Å². The van der Waals surface area contributed by atoms with E-state index in [9.17, 15) is 18.0 Å². The van der Waals surface area contributed by atoms with Crippen molar-refractivity contribution in [3.05, 3.63) is 29.8 Å². The number of alkyl halides is 3. The van der Waals surface area contributed by atoms with Gasteiger partial charge in [0.15, 0.2) is 0 Å². The number of primary amides is 1. The first-order valence-corrected chi connectivity index (χ1v) is 4.66. The van der Waals surface area contributed by atoms with Gasteiger partial charge in [-0.1, -0.05) is 12.1 Å². The molecule has 0 radical (unpaired) electrons. The Labute approximate surface area is 95.6 Å². The van der Waals surface area contributed by atoms with Gasteiger partial charge in [0.05, 0.1) is 0 Å². The number of nitrogens with one attached hydrogen (secondary N) is 1. The maximum Gasteiger partial charge on any atom is 0.573 e. The van der Waals surface area contributed by atoms with Gasteiger partial charge in [-0.3, -0.25) is 4.79 Å². The molecule has 0 heterocycles. The lowest BCUT2D eigenvalue weighted by molar-refractivity contribution is -0.274. The normalized spacial score (nSPS) is 13.2. The minimum atomic E-state index is -4.76. The summed E-state index contributed by atoms with van der Waals surface area (Å²) in [6.07, 6.45) is -4.76. The van der Waals surface area contributed by atoms with E-state index in [0.717, 1.165) is 12.1 Å². The molecule has 0 aliphatic carbocycles. The Morgan fingerprint density at radius 2 is 2.12 bits per heavy atom. The van der Waals surface area contributed by atoms with E-state index in [1.54, 1.807) is 0 Å². The van der Waals surface area contributed by atoms with Crippen molar-refractivity contribution in [3.63, 3.8) is 0 Å². The highest BCUT2D eigenvalue weighted by Gasteiger charge is 2.31. The fourth-order valence-corrected chi connectivity index (χ4v) is 1.36. The Hall–Kier alpha value is -1.76. The first-order valence-electron chi connectivity index (χ1n) is 4.66. The number of carbonyl (C=O) groups is 1. The largest absolute Gasteiger partial charge is 0.573 e. The van der Waals surface area contributed by atoms with Gasteiger partial charge in [0.25, 0.3) is 0 Å². The van der Waals surface area contributed by atoms with Crippen LogP contribution < -0.4 is 15.8 Å². The van der Waals surface area contributed by atoms with E-state index < -0.39 is 24.1 Å². The third-order valence-corrected chi connectivity index (χ3v) is 2.00. The molecule has 4 nitrogen and oxygen atoms in total. The second kappa shape index (κ2) is 5.05. The molecule has 1 unspecified atom stereocenters. The summed E-state index contributed by atoms with van der Waals surface area (Å²) >= 11 is 0. The summed E-state index contributed by atoms with van der Waals surface area (Å²) in [6.45, 7) is 0. The summed E-state index contributed by atoms with van der Waals surface area (Å²) in [5.74, 6) is -1.08. The number of benzene rings is 1. The smallest absolute Gasteiger partial charge is 0.406 e. The van der Waals surface area contributed by atoms with Crippen molar-refractivity contribution in [2.75, 3.05) is 7.05 Å². The highest BCUT2D eigenvalue weighted by molar-refractivity contribution is 5.81. The van der Waals surface area contributed by atoms with E-state index in [-0.39, 0.29) is 0 Å². The van der Waals surface area contributed by atoms with Gasteiger partial charge < -0.3 is 15.8 Å². The Bertz CT molecular complexity index is 407. The van der Waals surface area contributed by atoms with Crippen LogP contribution in [0.3, 0.4) is 0 Å². The van der Waals surface area contributed by atoms with E-state index >= 15 is 0 Å². The molecule has 0 spiro atoms. The summed E-state index contributed by atoms with van der Waals surface area (Å²) < 4.78 is 39.7. The quantitative estimate of drug-likeness (QED) is 0.844. The minimum Gasteiger partial charge on any atom is -0.406 e. The van der Waals surface area contributed by atoms with Crippen LogP contribution in [0.25, 0.3) is 0 Å². The molecule has 1 rings (SSSR count). The molecule has 17 heavy (non-hydrogen) atoms. The maximum absolute atomic E-state index is 12.0. The standard InChI is InChI=1S/C10H11F3N2O2/c1-15-8(9(14)16)6-3-2-4-7(5-6)17-10(11,12)13/h2-5,8,15H,1H3,(H2,14,16). The molecule has 0 aliphatic heterocycles. The second-order valence-corrected chi connectivity index (χ2v) is 3.24. The van der Waals surface area contributed by atoms with Gasteiger partial charge in [0.2, 0.25) is 5.91 Å². The van der Waals surface area contributed by atoms with Crippen LogP contribution >= 0.6 is 0 Å². The molecule has 0 aliphatic rings. The molecule has 0 saturated carbocycles. The average molecular weight is 248 g/mol. The zero-order valence-electron chi connectivity index (χ0n) is 8.91. The van der Waals surface area contributed by atoms with Gasteiger partial charge in [0, 0.05) is 0 Å². The van der Waals surface area contributed by atoms with Crippen LogP contribution in [-0.2, 0) is 4.79 Å². The molecule has 1 amide bonds. The molecule has 3 N–H and O–H groups in total. The Balaban J connectivity index is 2.96. The van der Waals surface area contributed by atoms with Gasteiger partial charge in [-0.25, -0.2) is 0 Å².